The van der Waals surface area contributed by atoms with Crippen LogP contribution in [0.4, 0.5) is 0 Å². The van der Waals surface area contributed by atoms with Crippen molar-refractivity contribution in [1.82, 2.24) is 18.9 Å². The maximum absolute atomic E-state index is 13.1. The monoisotopic (exact) mass is 432 g/mol. The van der Waals surface area contributed by atoms with E-state index in [0.29, 0.717) is 39.0 Å². The summed E-state index contributed by atoms with van der Waals surface area (Å²) in [4.78, 5) is 34.7. The van der Waals surface area contributed by atoms with Crippen molar-refractivity contribution in [2.24, 2.45) is 0 Å². The van der Waals surface area contributed by atoms with E-state index in [9.17, 15) is 9.59 Å². The van der Waals surface area contributed by atoms with E-state index in [2.05, 4.69) is 4.98 Å². The first-order chi connectivity index (χ1) is 14.7. The summed E-state index contributed by atoms with van der Waals surface area (Å²) in [6.45, 7) is 0.441. The molecule has 1 aromatic carbocycles. The lowest BCUT2D eigenvalue weighted by Crippen LogP contribution is -2.23. The first-order valence-corrected chi connectivity index (χ1v) is 11.2. The molecule has 0 aliphatic heterocycles. The predicted octanol–water partition coefficient (Wildman–Crippen LogP) is 3.81. The number of rotatable bonds is 5. The van der Waals surface area contributed by atoms with Gasteiger partial charge in [-0.1, -0.05) is 48.2 Å². The SMILES string of the molecule is O=c1c2sccc2nc(SCc2cc(=O)n3ccccc3n2)n1Cc1ccccc1. The second-order valence-corrected chi connectivity index (χ2v) is 8.57. The Labute approximate surface area is 179 Å². The smallest absolute Gasteiger partial charge is 0.272 e. The molecule has 0 aliphatic rings. The normalized spacial score (nSPS) is 11.3. The van der Waals surface area contributed by atoms with Gasteiger partial charge in [-0.05, 0) is 29.1 Å². The molecule has 0 atom stereocenters. The van der Waals surface area contributed by atoms with E-state index in [1.807, 2.05) is 47.8 Å². The summed E-state index contributed by atoms with van der Waals surface area (Å²) in [5, 5.41) is 2.50. The minimum Gasteiger partial charge on any atom is -0.282 e. The zero-order valence-corrected chi connectivity index (χ0v) is 17.4. The van der Waals surface area contributed by atoms with Crippen molar-refractivity contribution in [2.45, 2.75) is 17.5 Å². The zero-order chi connectivity index (χ0) is 20.5. The lowest BCUT2D eigenvalue weighted by atomic mass is 10.2. The first-order valence-electron chi connectivity index (χ1n) is 9.31. The number of pyridine rings is 1. The van der Waals surface area contributed by atoms with Gasteiger partial charge >= 0.3 is 0 Å². The Balaban J connectivity index is 1.53. The van der Waals surface area contributed by atoms with E-state index in [-0.39, 0.29) is 11.1 Å². The second kappa shape index (κ2) is 7.89. The van der Waals surface area contributed by atoms with Crippen LogP contribution >= 0.6 is 23.1 Å². The molecule has 0 bridgehead atoms. The van der Waals surface area contributed by atoms with Gasteiger partial charge in [-0.2, -0.15) is 0 Å². The molecule has 0 spiro atoms. The molecule has 0 aliphatic carbocycles. The summed E-state index contributed by atoms with van der Waals surface area (Å²) in [5.74, 6) is 0.442. The molecular weight excluding hydrogens is 416 g/mol. The van der Waals surface area contributed by atoms with Gasteiger partial charge in [0.25, 0.3) is 11.1 Å². The highest BCUT2D eigenvalue weighted by Crippen LogP contribution is 2.24. The molecule has 5 aromatic rings. The molecule has 0 fully saturated rings. The predicted molar refractivity (Wildman–Crippen MR) is 120 cm³/mol. The lowest BCUT2D eigenvalue weighted by molar-refractivity contribution is 0.659. The van der Waals surface area contributed by atoms with E-state index < -0.39 is 0 Å². The summed E-state index contributed by atoms with van der Waals surface area (Å²) >= 11 is 2.82. The highest BCUT2D eigenvalue weighted by molar-refractivity contribution is 7.98. The highest BCUT2D eigenvalue weighted by atomic mass is 32.2. The Morgan fingerprint density at radius 2 is 1.80 bits per heavy atom. The minimum atomic E-state index is -0.126. The number of nitrogens with zero attached hydrogens (tertiary/aromatic N) is 4. The Hall–Kier alpha value is -3.23. The molecule has 148 valence electrons. The molecule has 8 heteroatoms. The summed E-state index contributed by atoms with van der Waals surface area (Å²) < 4.78 is 3.86. The average Bonchev–Trinajstić information content (AvgIpc) is 3.24. The Bertz CT molecular complexity index is 1470. The molecule has 4 aromatic heterocycles. The Morgan fingerprint density at radius 3 is 2.67 bits per heavy atom. The van der Waals surface area contributed by atoms with Crippen LogP contribution in [0, 0.1) is 0 Å². The topological polar surface area (TPSA) is 69.3 Å². The number of hydrogen-bond donors (Lipinski definition) is 0. The fourth-order valence-electron chi connectivity index (χ4n) is 3.25. The van der Waals surface area contributed by atoms with Gasteiger partial charge in [-0.25, -0.2) is 9.97 Å². The van der Waals surface area contributed by atoms with Gasteiger partial charge < -0.3 is 0 Å². The molecule has 6 nitrogen and oxygen atoms in total. The van der Waals surface area contributed by atoms with Crippen LogP contribution < -0.4 is 11.1 Å². The van der Waals surface area contributed by atoms with Crippen LogP contribution in [0.2, 0.25) is 0 Å². The number of fused-ring (bicyclic) bond motifs is 2. The summed E-state index contributed by atoms with van der Waals surface area (Å²) in [5.41, 5.74) is 2.81. The maximum Gasteiger partial charge on any atom is 0.272 e. The summed E-state index contributed by atoms with van der Waals surface area (Å²) in [7, 11) is 0. The largest absolute Gasteiger partial charge is 0.282 e. The van der Waals surface area contributed by atoms with E-state index in [1.54, 1.807) is 22.9 Å². The molecule has 0 saturated heterocycles. The average molecular weight is 433 g/mol. The Morgan fingerprint density at radius 1 is 0.967 bits per heavy atom. The molecule has 0 amide bonds. The molecule has 5 rings (SSSR count). The third kappa shape index (κ3) is 3.55. The fraction of sp³-hybridized carbons (Fsp3) is 0.0909. The van der Waals surface area contributed by atoms with Crippen LogP contribution in [0.3, 0.4) is 0 Å². The van der Waals surface area contributed by atoms with Crippen molar-refractivity contribution < 1.29 is 0 Å². The third-order valence-electron chi connectivity index (χ3n) is 4.69. The summed E-state index contributed by atoms with van der Waals surface area (Å²) in [6.07, 6.45) is 1.70. The van der Waals surface area contributed by atoms with E-state index in [4.69, 9.17) is 4.98 Å². The van der Waals surface area contributed by atoms with E-state index in [0.717, 1.165) is 5.56 Å². The summed E-state index contributed by atoms with van der Waals surface area (Å²) in [6, 6.07) is 18.7. The van der Waals surface area contributed by atoms with Crippen molar-refractivity contribution in [3.63, 3.8) is 0 Å². The third-order valence-corrected chi connectivity index (χ3v) is 6.59. The van der Waals surface area contributed by atoms with Crippen LogP contribution in [0.1, 0.15) is 11.3 Å². The highest BCUT2D eigenvalue weighted by Gasteiger charge is 2.14. The van der Waals surface area contributed by atoms with Crippen molar-refractivity contribution in [2.75, 3.05) is 0 Å². The van der Waals surface area contributed by atoms with Crippen LogP contribution in [0.15, 0.2) is 87.0 Å². The van der Waals surface area contributed by atoms with Gasteiger partial charge in [0.1, 0.15) is 10.3 Å². The number of aromatic nitrogens is 4. The van der Waals surface area contributed by atoms with Crippen LogP contribution in [-0.2, 0) is 12.3 Å². The van der Waals surface area contributed by atoms with Crippen LogP contribution in [-0.4, -0.2) is 18.9 Å². The van der Waals surface area contributed by atoms with Gasteiger partial charge in [0.2, 0.25) is 0 Å². The van der Waals surface area contributed by atoms with Crippen LogP contribution in [0.5, 0.6) is 0 Å². The number of hydrogen-bond acceptors (Lipinski definition) is 6. The molecule has 0 N–H and O–H groups in total. The standard InChI is InChI=1S/C22H16N4O2S2/c27-19-12-16(23-18-8-4-5-10-25(18)19)14-30-22-24-17-9-11-29-20(17)21(28)26(22)13-15-6-2-1-3-7-15/h1-12H,13-14H2. The van der Waals surface area contributed by atoms with Gasteiger partial charge in [0, 0.05) is 18.0 Å². The quantitative estimate of drug-likeness (QED) is 0.312. The molecule has 0 radical (unpaired) electrons. The van der Waals surface area contributed by atoms with Crippen molar-refractivity contribution in [1.29, 1.82) is 0 Å². The van der Waals surface area contributed by atoms with Gasteiger partial charge in [-0.15, -0.1) is 11.3 Å². The van der Waals surface area contributed by atoms with Crippen molar-refractivity contribution >= 4 is 39.0 Å². The van der Waals surface area contributed by atoms with Gasteiger partial charge in [-0.3, -0.25) is 18.6 Å². The number of thioether (sulfide) groups is 1. The minimum absolute atomic E-state index is 0.0482. The van der Waals surface area contributed by atoms with E-state index in [1.165, 1.54) is 33.6 Å². The van der Waals surface area contributed by atoms with Gasteiger partial charge in [0.05, 0.1) is 17.8 Å². The van der Waals surface area contributed by atoms with E-state index >= 15 is 0 Å². The second-order valence-electron chi connectivity index (χ2n) is 6.71. The lowest BCUT2D eigenvalue weighted by Gasteiger charge is -2.12. The van der Waals surface area contributed by atoms with Gasteiger partial charge in [0.15, 0.2) is 5.16 Å². The fourth-order valence-corrected chi connectivity index (χ4v) is 4.92. The molecule has 0 unspecified atom stereocenters. The first kappa shape index (κ1) is 18.8. The number of thiophene rings is 1. The molecule has 0 saturated carbocycles. The molecule has 30 heavy (non-hydrogen) atoms. The molecule has 4 heterocycles. The maximum atomic E-state index is 13.1. The number of benzene rings is 1. The Kier molecular flexibility index (Phi) is 4.94. The zero-order valence-electron chi connectivity index (χ0n) is 15.8. The van der Waals surface area contributed by atoms with Crippen LogP contribution in [0.25, 0.3) is 15.9 Å². The molecular formula is C22H16N4O2S2. The van der Waals surface area contributed by atoms with Crippen molar-refractivity contribution in [3.8, 4) is 0 Å². The van der Waals surface area contributed by atoms with Crippen molar-refractivity contribution in [3.05, 3.63) is 104 Å².